The van der Waals surface area contributed by atoms with Crippen LogP contribution in [0, 0.1) is 10.8 Å². The van der Waals surface area contributed by atoms with E-state index < -0.39 is 0 Å². The number of ketones is 2. The van der Waals surface area contributed by atoms with Crippen molar-refractivity contribution in [2.24, 2.45) is 17.9 Å². The number of benzene rings is 2. The lowest BCUT2D eigenvalue weighted by molar-refractivity contribution is -0.113. The molecular formula is C45H43NO2S2. The van der Waals surface area contributed by atoms with Crippen LogP contribution in [0.2, 0.25) is 0 Å². The molecule has 0 bridgehead atoms. The number of nitrogens with zero attached hydrogens (tertiary/aromatic N) is 1. The van der Waals surface area contributed by atoms with Gasteiger partial charge in [-0.1, -0.05) is 77.9 Å². The summed E-state index contributed by atoms with van der Waals surface area (Å²) in [7, 11) is 2.14. The summed E-state index contributed by atoms with van der Waals surface area (Å²) in [4.78, 5) is 29.2. The molecule has 0 spiro atoms. The Bertz CT molecular complexity index is 2210. The van der Waals surface area contributed by atoms with Crippen LogP contribution in [0.1, 0.15) is 76.5 Å². The first-order valence-corrected chi connectivity index (χ1v) is 18.8. The molecule has 3 aromatic heterocycles. The Morgan fingerprint density at radius 3 is 1.30 bits per heavy atom. The third-order valence-electron chi connectivity index (χ3n) is 9.72. The van der Waals surface area contributed by atoms with Gasteiger partial charge in [-0.3, -0.25) is 9.59 Å². The predicted octanol–water partition coefficient (Wildman–Crippen LogP) is 12.1. The number of allylic oxidation sites excluding steroid dienone is 10. The van der Waals surface area contributed by atoms with Crippen molar-refractivity contribution in [3.63, 3.8) is 0 Å². The molecule has 2 aliphatic carbocycles. The number of hydrogen-bond acceptors (Lipinski definition) is 4. The summed E-state index contributed by atoms with van der Waals surface area (Å²) in [6, 6.07) is 26.0. The third-order valence-corrected chi connectivity index (χ3v) is 12.0. The monoisotopic (exact) mass is 693 g/mol. The van der Waals surface area contributed by atoms with Gasteiger partial charge in [0, 0.05) is 48.5 Å². The van der Waals surface area contributed by atoms with Crippen LogP contribution in [0.4, 0.5) is 0 Å². The second kappa shape index (κ2) is 12.3. The maximum atomic E-state index is 13.5. The van der Waals surface area contributed by atoms with E-state index in [0.29, 0.717) is 0 Å². The van der Waals surface area contributed by atoms with Gasteiger partial charge in [-0.15, -0.1) is 22.7 Å². The zero-order valence-electron chi connectivity index (χ0n) is 30.3. The summed E-state index contributed by atoms with van der Waals surface area (Å²) in [6.45, 7) is 16.5. The smallest absolute Gasteiger partial charge is 0.185 e. The van der Waals surface area contributed by atoms with Crippen molar-refractivity contribution in [1.29, 1.82) is 0 Å². The van der Waals surface area contributed by atoms with Gasteiger partial charge in [0.1, 0.15) is 0 Å². The molecule has 0 saturated heterocycles. The van der Waals surface area contributed by atoms with Crippen molar-refractivity contribution in [3.05, 3.63) is 152 Å². The van der Waals surface area contributed by atoms with E-state index in [0.717, 1.165) is 65.7 Å². The van der Waals surface area contributed by atoms with Crippen molar-refractivity contribution >= 4 is 65.6 Å². The Morgan fingerprint density at radius 1 is 0.560 bits per heavy atom. The number of rotatable bonds is 4. The maximum Gasteiger partial charge on any atom is 0.185 e. The van der Waals surface area contributed by atoms with Crippen LogP contribution in [-0.2, 0) is 16.6 Å². The Hall–Kier alpha value is -4.58. The Kier molecular flexibility index (Phi) is 8.36. The largest absolute Gasteiger partial charge is 0.344 e. The average molecular weight is 694 g/mol. The molecule has 0 unspecified atom stereocenters. The molecule has 0 fully saturated rings. The summed E-state index contributed by atoms with van der Waals surface area (Å²) >= 11 is 3.56. The van der Waals surface area contributed by atoms with Gasteiger partial charge in [0.15, 0.2) is 11.6 Å². The molecular weight excluding hydrogens is 651 g/mol. The van der Waals surface area contributed by atoms with Crippen molar-refractivity contribution in [1.82, 2.24) is 4.57 Å². The molecule has 5 heteroatoms. The van der Waals surface area contributed by atoms with Gasteiger partial charge in [0.05, 0.1) is 11.4 Å². The van der Waals surface area contributed by atoms with Crippen LogP contribution in [0.25, 0.3) is 31.3 Å². The van der Waals surface area contributed by atoms with Crippen LogP contribution in [0.3, 0.4) is 0 Å². The van der Waals surface area contributed by atoms with Crippen molar-refractivity contribution in [3.8, 4) is 0 Å². The Balaban J connectivity index is 1.54. The Morgan fingerprint density at radius 2 is 0.940 bits per heavy atom. The molecule has 0 aliphatic heterocycles. The maximum absolute atomic E-state index is 13.5. The van der Waals surface area contributed by atoms with Gasteiger partial charge in [-0.2, -0.15) is 0 Å². The molecule has 2 aliphatic rings. The third kappa shape index (κ3) is 5.97. The van der Waals surface area contributed by atoms with Crippen LogP contribution < -0.4 is 0 Å². The van der Waals surface area contributed by atoms with Crippen LogP contribution in [0.15, 0.2) is 131 Å². The second-order valence-corrected chi connectivity index (χ2v) is 17.7. The SMILES string of the molecule is CC1=C/C(=C(\c2cc3ccccc3s2)c2ccc(/C(=C3/C=C(C)C(=O)C(C(C)(C)C)=C3)c3cc4ccccc4s3)n2C)C=C(C(C)(C)C)C1=O. The standard InChI is InChI=1S/C45H43NO2S2/c1-26-20-30(22-32(42(26)47)44(3,4)5)40(38-24-28-14-10-12-16-36(28)49-38)34-18-19-35(46(34)9)41(39-25-29-15-11-13-17-37(29)50-39)31-21-27(2)43(48)33(23-31)45(6,7)8/h10-25H,1-9H3/b40-30+,41-31+. The fourth-order valence-electron chi connectivity index (χ4n) is 7.01. The highest BCUT2D eigenvalue weighted by atomic mass is 32.1. The van der Waals surface area contributed by atoms with E-state index in [1.807, 2.05) is 13.8 Å². The molecule has 2 aromatic carbocycles. The van der Waals surface area contributed by atoms with Gasteiger partial charge in [0.25, 0.3) is 0 Å². The van der Waals surface area contributed by atoms with Gasteiger partial charge in [0.2, 0.25) is 0 Å². The molecule has 0 amide bonds. The van der Waals surface area contributed by atoms with E-state index in [-0.39, 0.29) is 22.4 Å². The van der Waals surface area contributed by atoms with E-state index >= 15 is 0 Å². The topological polar surface area (TPSA) is 39.1 Å². The summed E-state index contributed by atoms with van der Waals surface area (Å²) in [5, 5.41) is 2.40. The second-order valence-electron chi connectivity index (χ2n) is 15.5. The lowest BCUT2D eigenvalue weighted by Crippen LogP contribution is -2.21. The molecule has 252 valence electrons. The summed E-state index contributed by atoms with van der Waals surface area (Å²) in [5.74, 6) is 0.216. The highest BCUT2D eigenvalue weighted by molar-refractivity contribution is 7.20. The Labute approximate surface area is 303 Å². The van der Waals surface area contributed by atoms with Crippen molar-refractivity contribution < 1.29 is 9.59 Å². The zero-order valence-corrected chi connectivity index (χ0v) is 32.0. The fraction of sp³-hybridized carbons (Fsp3) is 0.244. The molecule has 3 heterocycles. The first-order chi connectivity index (χ1) is 23.6. The highest BCUT2D eigenvalue weighted by Crippen LogP contribution is 2.44. The van der Waals surface area contributed by atoms with E-state index in [1.54, 1.807) is 22.7 Å². The normalized spacial score (nSPS) is 17.9. The average Bonchev–Trinajstić information content (AvgIpc) is 3.77. The quantitative estimate of drug-likeness (QED) is 0.188. The number of Topliss-reactive ketones (excluding diaryl/α,β-unsaturated/α-hetero) is 2. The van der Waals surface area contributed by atoms with Crippen LogP contribution in [0.5, 0.6) is 0 Å². The minimum atomic E-state index is -0.305. The highest BCUT2D eigenvalue weighted by Gasteiger charge is 2.31. The van der Waals surface area contributed by atoms with E-state index in [2.05, 4.69) is 150 Å². The number of hydrogen-bond donors (Lipinski definition) is 0. The summed E-state index contributed by atoms with van der Waals surface area (Å²) in [6.07, 6.45) is 8.35. The van der Waals surface area contributed by atoms with E-state index in [4.69, 9.17) is 0 Å². The lowest BCUT2D eigenvalue weighted by atomic mass is 9.77. The number of carbonyl (C=O) groups is 2. The molecule has 3 nitrogen and oxygen atoms in total. The van der Waals surface area contributed by atoms with Crippen LogP contribution >= 0.6 is 22.7 Å². The van der Waals surface area contributed by atoms with Crippen molar-refractivity contribution in [2.45, 2.75) is 55.4 Å². The molecule has 0 saturated carbocycles. The van der Waals surface area contributed by atoms with Crippen molar-refractivity contribution in [2.75, 3.05) is 0 Å². The fourth-order valence-corrected chi connectivity index (χ4v) is 9.28. The summed E-state index contributed by atoms with van der Waals surface area (Å²) in [5.41, 5.74) is 8.95. The van der Waals surface area contributed by atoms with Gasteiger partial charge in [-0.25, -0.2) is 0 Å². The minimum absolute atomic E-state index is 0.108. The number of thiophene rings is 2. The first kappa shape index (κ1) is 33.9. The molecule has 0 N–H and O–H groups in total. The molecule has 7 rings (SSSR count). The van der Waals surface area contributed by atoms with Crippen LogP contribution in [-0.4, -0.2) is 16.1 Å². The molecule has 50 heavy (non-hydrogen) atoms. The number of aromatic nitrogens is 1. The molecule has 0 radical (unpaired) electrons. The van der Waals surface area contributed by atoms with Gasteiger partial charge in [-0.05, 0) is 118 Å². The predicted molar refractivity (Wildman–Crippen MR) is 214 cm³/mol. The lowest BCUT2D eigenvalue weighted by Gasteiger charge is -2.27. The molecule has 0 atom stereocenters. The molecule has 5 aromatic rings. The summed E-state index contributed by atoms with van der Waals surface area (Å²) < 4.78 is 4.75. The van der Waals surface area contributed by atoms with E-state index in [9.17, 15) is 9.59 Å². The minimum Gasteiger partial charge on any atom is -0.344 e. The number of fused-ring (bicyclic) bond motifs is 2. The number of carbonyl (C=O) groups excluding carboxylic acids is 2. The first-order valence-electron chi connectivity index (χ1n) is 17.1. The van der Waals surface area contributed by atoms with Gasteiger partial charge >= 0.3 is 0 Å². The van der Waals surface area contributed by atoms with Gasteiger partial charge < -0.3 is 4.57 Å². The zero-order chi connectivity index (χ0) is 35.7. The van der Waals surface area contributed by atoms with E-state index in [1.165, 1.54) is 20.2 Å².